The van der Waals surface area contributed by atoms with Crippen molar-refractivity contribution in [1.82, 2.24) is 34.2 Å². The van der Waals surface area contributed by atoms with Crippen LogP contribution in [0.4, 0.5) is 13.2 Å². The van der Waals surface area contributed by atoms with Crippen LogP contribution in [0.2, 0.25) is 0 Å². The van der Waals surface area contributed by atoms with E-state index in [0.717, 1.165) is 0 Å². The molecule has 1 saturated heterocycles. The molecule has 3 aromatic heterocycles. The van der Waals surface area contributed by atoms with E-state index in [1.807, 2.05) is 0 Å². The summed E-state index contributed by atoms with van der Waals surface area (Å²) in [5, 5.41) is 8.48. The van der Waals surface area contributed by atoms with Crippen molar-refractivity contribution in [3.8, 4) is 5.95 Å². The lowest BCUT2D eigenvalue weighted by atomic mass is 10.2. The van der Waals surface area contributed by atoms with Gasteiger partial charge in [-0.2, -0.15) is 18.3 Å². The van der Waals surface area contributed by atoms with Crippen LogP contribution < -0.4 is 5.56 Å². The number of alkyl halides is 3. The molecule has 0 aliphatic carbocycles. The van der Waals surface area contributed by atoms with Crippen molar-refractivity contribution in [1.29, 1.82) is 0 Å². The number of hydrogen-bond acceptors (Lipinski definition) is 5. The van der Waals surface area contributed by atoms with Gasteiger partial charge in [-0.3, -0.25) is 19.5 Å². The van der Waals surface area contributed by atoms with E-state index in [4.69, 9.17) is 0 Å². The molecule has 12 heteroatoms. The Hall–Kier alpha value is -3.15. The quantitative estimate of drug-likeness (QED) is 0.684. The van der Waals surface area contributed by atoms with E-state index in [1.165, 1.54) is 25.2 Å². The van der Waals surface area contributed by atoms with Gasteiger partial charge >= 0.3 is 6.18 Å². The zero-order valence-corrected chi connectivity index (χ0v) is 16.2. The third-order valence-corrected chi connectivity index (χ3v) is 5.11. The number of halogens is 3. The summed E-state index contributed by atoms with van der Waals surface area (Å²) in [5.41, 5.74) is 0.832. The number of aromatic amines is 1. The standard InChI is InChI=1S/C18H20F3N7O2/c1-12-13(16(30)26-6-3-5-25(8-9-26)11-18(19,20)21)10-22-28(12)17-23-15(29)14-4-2-7-27(14)24-17/h2,4,7,10H,3,5-6,8-9,11H2,1H3,(H,23,24,29). The molecule has 0 atom stereocenters. The van der Waals surface area contributed by atoms with Gasteiger partial charge in [0.1, 0.15) is 5.52 Å². The van der Waals surface area contributed by atoms with Crippen LogP contribution in [0.3, 0.4) is 0 Å². The summed E-state index contributed by atoms with van der Waals surface area (Å²) in [6.45, 7) is 1.69. The Bertz CT molecular complexity index is 1130. The van der Waals surface area contributed by atoms with Gasteiger partial charge in [-0.1, -0.05) is 0 Å². The van der Waals surface area contributed by atoms with Gasteiger partial charge in [0.15, 0.2) is 0 Å². The molecule has 0 unspecified atom stereocenters. The molecule has 1 N–H and O–H groups in total. The minimum absolute atomic E-state index is 0.150. The fraction of sp³-hybridized carbons (Fsp3) is 0.444. The summed E-state index contributed by atoms with van der Waals surface area (Å²) in [5.74, 6) is -0.149. The zero-order chi connectivity index (χ0) is 21.5. The van der Waals surface area contributed by atoms with E-state index in [0.29, 0.717) is 29.7 Å². The van der Waals surface area contributed by atoms with Crippen molar-refractivity contribution < 1.29 is 18.0 Å². The molecule has 0 spiro atoms. The predicted octanol–water partition coefficient (Wildman–Crippen LogP) is 1.23. The Morgan fingerprint density at radius 1 is 1.23 bits per heavy atom. The smallest absolute Gasteiger partial charge is 0.337 e. The average molecular weight is 423 g/mol. The van der Waals surface area contributed by atoms with Crippen LogP contribution in [0.5, 0.6) is 0 Å². The second kappa shape index (κ2) is 7.59. The zero-order valence-electron chi connectivity index (χ0n) is 16.2. The first kappa shape index (κ1) is 20.1. The minimum atomic E-state index is -4.26. The van der Waals surface area contributed by atoms with Gasteiger partial charge in [0.25, 0.3) is 11.5 Å². The number of H-pyrrole nitrogens is 1. The maximum Gasteiger partial charge on any atom is 0.401 e. The number of amides is 1. The highest BCUT2D eigenvalue weighted by Crippen LogP contribution is 2.19. The summed E-state index contributed by atoms with van der Waals surface area (Å²) < 4.78 is 40.7. The second-order valence-corrected chi connectivity index (χ2v) is 7.21. The van der Waals surface area contributed by atoms with Crippen molar-refractivity contribution in [3.05, 3.63) is 46.1 Å². The molecule has 30 heavy (non-hydrogen) atoms. The number of rotatable bonds is 3. The van der Waals surface area contributed by atoms with Gasteiger partial charge in [0, 0.05) is 32.4 Å². The Morgan fingerprint density at radius 3 is 2.80 bits per heavy atom. The van der Waals surface area contributed by atoms with Crippen LogP contribution >= 0.6 is 0 Å². The molecule has 0 saturated carbocycles. The first-order chi connectivity index (χ1) is 14.2. The van der Waals surface area contributed by atoms with Gasteiger partial charge in [-0.05, 0) is 25.5 Å². The monoisotopic (exact) mass is 423 g/mol. The van der Waals surface area contributed by atoms with E-state index < -0.39 is 12.7 Å². The molecule has 4 rings (SSSR count). The van der Waals surface area contributed by atoms with Gasteiger partial charge in [0.05, 0.1) is 24.0 Å². The molecule has 0 radical (unpaired) electrons. The summed E-state index contributed by atoms with van der Waals surface area (Å²) in [6, 6.07) is 3.32. The van der Waals surface area contributed by atoms with Crippen LogP contribution in [0, 0.1) is 6.92 Å². The van der Waals surface area contributed by atoms with E-state index in [2.05, 4.69) is 15.2 Å². The Kier molecular flexibility index (Phi) is 5.10. The highest BCUT2D eigenvalue weighted by Gasteiger charge is 2.32. The third kappa shape index (κ3) is 3.95. The van der Waals surface area contributed by atoms with Gasteiger partial charge < -0.3 is 4.90 Å². The molecule has 9 nitrogen and oxygen atoms in total. The van der Waals surface area contributed by atoms with Crippen molar-refractivity contribution in [3.63, 3.8) is 0 Å². The third-order valence-electron chi connectivity index (χ3n) is 5.11. The summed E-state index contributed by atoms with van der Waals surface area (Å²) in [6.07, 6.45) is -0.797. The second-order valence-electron chi connectivity index (χ2n) is 7.21. The SMILES string of the molecule is Cc1c(C(=O)N2CCCN(CC(F)(F)F)CC2)cnn1-c1nn2cccc2c(=O)[nH]1. The molecule has 1 aliphatic heterocycles. The summed E-state index contributed by atoms with van der Waals surface area (Å²) in [7, 11) is 0. The van der Waals surface area contributed by atoms with Gasteiger partial charge in [-0.15, -0.1) is 5.10 Å². The molecule has 1 amide bonds. The Labute approximate surface area is 168 Å². The number of nitrogens with zero attached hydrogens (tertiary/aromatic N) is 6. The first-order valence-electron chi connectivity index (χ1n) is 9.44. The van der Waals surface area contributed by atoms with Crippen LogP contribution in [0.1, 0.15) is 22.5 Å². The van der Waals surface area contributed by atoms with Crippen molar-refractivity contribution >= 4 is 11.4 Å². The molecule has 1 fully saturated rings. The number of nitrogens with one attached hydrogen (secondary N) is 1. The fourth-order valence-corrected chi connectivity index (χ4v) is 3.62. The molecule has 1 aliphatic rings. The summed E-state index contributed by atoms with van der Waals surface area (Å²) in [4.78, 5) is 30.7. The minimum Gasteiger partial charge on any atom is -0.337 e. The molecular formula is C18H20F3N7O2. The molecule has 3 aromatic rings. The van der Waals surface area contributed by atoms with E-state index in [1.54, 1.807) is 25.3 Å². The number of carbonyl (C=O) groups excluding carboxylic acids is 1. The topological polar surface area (TPSA) is 91.5 Å². The molecular weight excluding hydrogens is 403 g/mol. The number of carbonyl (C=O) groups is 1. The average Bonchev–Trinajstić information content (AvgIpc) is 3.22. The first-order valence-corrected chi connectivity index (χ1v) is 9.44. The molecule has 4 heterocycles. The van der Waals surface area contributed by atoms with Crippen molar-refractivity contribution in [2.75, 3.05) is 32.7 Å². The fourth-order valence-electron chi connectivity index (χ4n) is 3.62. The van der Waals surface area contributed by atoms with Crippen LogP contribution in [-0.4, -0.2) is 79.0 Å². The van der Waals surface area contributed by atoms with Gasteiger partial charge in [-0.25, -0.2) is 9.20 Å². The van der Waals surface area contributed by atoms with E-state index in [9.17, 15) is 22.8 Å². The van der Waals surface area contributed by atoms with Gasteiger partial charge in [0.2, 0.25) is 5.95 Å². The predicted molar refractivity (Wildman–Crippen MR) is 101 cm³/mol. The summed E-state index contributed by atoms with van der Waals surface area (Å²) >= 11 is 0. The van der Waals surface area contributed by atoms with E-state index in [-0.39, 0.29) is 37.0 Å². The number of hydrogen-bond donors (Lipinski definition) is 1. The maximum atomic E-state index is 13.0. The number of fused-ring (bicyclic) bond motifs is 1. The normalized spacial score (nSPS) is 16.2. The molecule has 0 bridgehead atoms. The van der Waals surface area contributed by atoms with Crippen LogP contribution in [0.25, 0.3) is 11.5 Å². The molecule has 160 valence electrons. The highest BCUT2D eigenvalue weighted by molar-refractivity contribution is 5.95. The molecule has 0 aromatic carbocycles. The lowest BCUT2D eigenvalue weighted by molar-refractivity contribution is -0.145. The Morgan fingerprint density at radius 2 is 2.03 bits per heavy atom. The van der Waals surface area contributed by atoms with Crippen LogP contribution in [-0.2, 0) is 0 Å². The lowest BCUT2D eigenvalue weighted by Gasteiger charge is -2.22. The number of aromatic nitrogens is 5. The van der Waals surface area contributed by atoms with Crippen molar-refractivity contribution in [2.24, 2.45) is 0 Å². The highest BCUT2D eigenvalue weighted by atomic mass is 19.4. The lowest BCUT2D eigenvalue weighted by Crippen LogP contribution is -2.38. The Balaban J connectivity index is 1.54. The van der Waals surface area contributed by atoms with E-state index >= 15 is 0 Å². The largest absolute Gasteiger partial charge is 0.401 e. The van der Waals surface area contributed by atoms with Crippen LogP contribution in [0.15, 0.2) is 29.3 Å². The maximum absolute atomic E-state index is 13.0. The van der Waals surface area contributed by atoms with Crippen molar-refractivity contribution in [2.45, 2.75) is 19.5 Å².